The second kappa shape index (κ2) is 38.8. The summed E-state index contributed by atoms with van der Waals surface area (Å²) in [5, 5.41) is 7.15. The summed E-state index contributed by atoms with van der Waals surface area (Å²) in [5.74, 6) is 1.29. The molecule has 0 unspecified atom stereocenters. The van der Waals surface area contributed by atoms with E-state index in [4.69, 9.17) is 0 Å². The molecule has 0 aromatic heterocycles. The zero-order valence-corrected chi connectivity index (χ0v) is 32.8. The van der Waals surface area contributed by atoms with Gasteiger partial charge in [0.25, 0.3) is 0 Å². The minimum absolute atomic E-state index is 1.09. The molecule has 0 fully saturated rings. The molecule has 0 saturated carbocycles. The Kier molecular flexibility index (Phi) is 38.3. The van der Waals surface area contributed by atoms with Gasteiger partial charge in [-0.05, 0) is 83.5 Å². The van der Waals surface area contributed by atoms with Crippen molar-refractivity contribution < 1.29 is 0 Å². The van der Waals surface area contributed by atoms with Crippen molar-refractivity contribution in [3.8, 4) is 0 Å². The van der Waals surface area contributed by atoms with Crippen LogP contribution < -0.4 is 10.6 Å². The summed E-state index contributed by atoms with van der Waals surface area (Å²) in [5.41, 5.74) is 2.50. The highest BCUT2D eigenvalue weighted by Crippen LogP contribution is 2.15. The van der Waals surface area contributed by atoms with Gasteiger partial charge in [0.05, 0.1) is 0 Å². The van der Waals surface area contributed by atoms with Crippen LogP contribution in [0.1, 0.15) is 200 Å². The highest BCUT2D eigenvalue weighted by atomic mass is 32.2. The zero-order chi connectivity index (χ0) is 33.6. The standard InChI is InChI=1S/C42H85N3S/c1-6-7-8-9-10-11-12-13-14-15-16-17-20-23-28-34-41(2)43-36-30-25-26-31-37-44-42(3)35-29-24-21-18-19-22-27-32-38-45(4)39-33-40-46-5/h43-44H,2-3,6-40H2,1,4-5H3. The van der Waals surface area contributed by atoms with E-state index in [0.29, 0.717) is 0 Å². The molecule has 0 heterocycles. The van der Waals surface area contributed by atoms with Crippen LogP contribution in [0.5, 0.6) is 0 Å². The molecule has 0 amide bonds. The van der Waals surface area contributed by atoms with Gasteiger partial charge >= 0.3 is 0 Å². The molecular weight excluding hydrogens is 579 g/mol. The lowest BCUT2D eigenvalue weighted by Gasteiger charge is -2.15. The maximum absolute atomic E-state index is 4.26. The van der Waals surface area contributed by atoms with Gasteiger partial charge in [-0.15, -0.1) is 0 Å². The molecule has 0 saturated heterocycles. The van der Waals surface area contributed by atoms with E-state index in [2.05, 4.69) is 48.9 Å². The Labute approximate surface area is 295 Å². The molecule has 0 spiro atoms. The van der Waals surface area contributed by atoms with Gasteiger partial charge in [-0.2, -0.15) is 11.8 Å². The molecule has 0 aliphatic carbocycles. The Bertz CT molecular complexity index is 622. The van der Waals surface area contributed by atoms with E-state index in [9.17, 15) is 0 Å². The molecule has 0 bridgehead atoms. The molecule has 0 radical (unpaired) electrons. The third kappa shape index (κ3) is 37.8. The maximum atomic E-state index is 4.26. The zero-order valence-electron chi connectivity index (χ0n) is 32.0. The summed E-state index contributed by atoms with van der Waals surface area (Å²) in [6.45, 7) is 15.5. The van der Waals surface area contributed by atoms with Crippen molar-refractivity contribution in [3.63, 3.8) is 0 Å². The maximum Gasteiger partial charge on any atom is 0.0143 e. The second-order valence-corrected chi connectivity index (χ2v) is 15.4. The smallest absolute Gasteiger partial charge is 0.0143 e. The summed E-state index contributed by atoms with van der Waals surface area (Å²) in [6.07, 6.45) is 43.4. The SMILES string of the molecule is C=C(CCCCCCCCCCCCCCCCC)NCCCCCCNC(=C)CCCCCCCCCCN(C)CCCSC. The summed E-state index contributed by atoms with van der Waals surface area (Å²) >= 11 is 1.96. The fourth-order valence-electron chi connectivity index (χ4n) is 6.39. The molecule has 0 aromatic rings. The normalized spacial score (nSPS) is 11.4. The molecule has 46 heavy (non-hydrogen) atoms. The van der Waals surface area contributed by atoms with Crippen LogP contribution in [0.4, 0.5) is 0 Å². The van der Waals surface area contributed by atoms with Crippen molar-refractivity contribution in [1.82, 2.24) is 15.5 Å². The molecule has 0 aliphatic rings. The molecular formula is C42H85N3S. The van der Waals surface area contributed by atoms with Crippen molar-refractivity contribution in [1.29, 1.82) is 0 Å². The monoisotopic (exact) mass is 664 g/mol. The minimum atomic E-state index is 1.09. The van der Waals surface area contributed by atoms with Crippen molar-refractivity contribution in [3.05, 3.63) is 24.6 Å². The van der Waals surface area contributed by atoms with Crippen LogP contribution in [0, 0.1) is 0 Å². The Balaban J connectivity index is 3.27. The molecule has 4 heteroatoms. The Morgan fingerprint density at radius 2 is 0.783 bits per heavy atom. The van der Waals surface area contributed by atoms with Crippen LogP contribution >= 0.6 is 11.8 Å². The molecule has 2 N–H and O–H groups in total. The van der Waals surface area contributed by atoms with Gasteiger partial charge in [0, 0.05) is 24.5 Å². The predicted molar refractivity (Wildman–Crippen MR) is 214 cm³/mol. The average molecular weight is 664 g/mol. The van der Waals surface area contributed by atoms with Crippen LogP contribution in [0.25, 0.3) is 0 Å². The first kappa shape index (κ1) is 45.4. The molecule has 0 rings (SSSR count). The fourth-order valence-corrected chi connectivity index (χ4v) is 6.81. The van der Waals surface area contributed by atoms with E-state index >= 15 is 0 Å². The second-order valence-electron chi connectivity index (χ2n) is 14.4. The van der Waals surface area contributed by atoms with Gasteiger partial charge in [0.15, 0.2) is 0 Å². The predicted octanol–water partition coefficient (Wildman–Crippen LogP) is 13.2. The first-order chi connectivity index (χ1) is 22.6. The number of rotatable bonds is 40. The van der Waals surface area contributed by atoms with Crippen molar-refractivity contribution in [2.45, 2.75) is 200 Å². The molecule has 3 nitrogen and oxygen atoms in total. The number of unbranched alkanes of at least 4 members (excludes halogenated alkanes) is 24. The number of nitrogens with zero attached hydrogens (tertiary/aromatic N) is 1. The van der Waals surface area contributed by atoms with Gasteiger partial charge in [-0.25, -0.2) is 0 Å². The minimum Gasteiger partial charge on any atom is -0.389 e. The number of nitrogens with one attached hydrogen (secondary N) is 2. The average Bonchev–Trinajstić information content (AvgIpc) is 3.05. The molecule has 0 atom stereocenters. The van der Waals surface area contributed by atoms with Gasteiger partial charge in [-0.3, -0.25) is 0 Å². The van der Waals surface area contributed by atoms with E-state index < -0.39 is 0 Å². The van der Waals surface area contributed by atoms with Gasteiger partial charge in [-0.1, -0.05) is 161 Å². The lowest BCUT2D eigenvalue weighted by Crippen LogP contribution is -2.21. The van der Waals surface area contributed by atoms with Crippen LogP contribution in [0.2, 0.25) is 0 Å². The first-order valence-electron chi connectivity index (χ1n) is 20.6. The Hall–Kier alpha value is -0.610. The van der Waals surface area contributed by atoms with Gasteiger partial charge in [0.1, 0.15) is 0 Å². The van der Waals surface area contributed by atoms with Crippen LogP contribution in [0.15, 0.2) is 24.6 Å². The topological polar surface area (TPSA) is 27.3 Å². The number of thioether (sulfide) groups is 1. The van der Waals surface area contributed by atoms with Crippen LogP contribution in [-0.2, 0) is 0 Å². The summed E-state index contributed by atoms with van der Waals surface area (Å²) in [6, 6.07) is 0. The van der Waals surface area contributed by atoms with Gasteiger partial charge < -0.3 is 15.5 Å². The van der Waals surface area contributed by atoms with Crippen molar-refractivity contribution >= 4 is 11.8 Å². The lowest BCUT2D eigenvalue weighted by molar-refractivity contribution is 0.325. The van der Waals surface area contributed by atoms with E-state index in [0.717, 1.165) is 25.9 Å². The quantitative estimate of drug-likeness (QED) is 0.0638. The molecule has 274 valence electrons. The van der Waals surface area contributed by atoms with Crippen molar-refractivity contribution in [2.75, 3.05) is 45.2 Å². The largest absolute Gasteiger partial charge is 0.389 e. The highest BCUT2D eigenvalue weighted by molar-refractivity contribution is 7.98. The number of allylic oxidation sites excluding steroid dienone is 2. The number of hydrogen-bond acceptors (Lipinski definition) is 4. The fraction of sp³-hybridized carbons (Fsp3) is 0.905. The third-order valence-electron chi connectivity index (χ3n) is 9.59. The lowest BCUT2D eigenvalue weighted by atomic mass is 10.0. The van der Waals surface area contributed by atoms with E-state index in [1.165, 1.54) is 210 Å². The van der Waals surface area contributed by atoms with Gasteiger partial charge in [0.2, 0.25) is 0 Å². The summed E-state index contributed by atoms with van der Waals surface area (Å²) in [7, 11) is 2.28. The molecule has 0 aliphatic heterocycles. The Morgan fingerprint density at radius 1 is 0.457 bits per heavy atom. The third-order valence-corrected chi connectivity index (χ3v) is 10.3. The summed E-state index contributed by atoms with van der Waals surface area (Å²) in [4.78, 5) is 2.51. The highest BCUT2D eigenvalue weighted by Gasteiger charge is 2.00. The van der Waals surface area contributed by atoms with Crippen LogP contribution in [0.3, 0.4) is 0 Å². The van der Waals surface area contributed by atoms with E-state index in [1.54, 1.807) is 0 Å². The summed E-state index contributed by atoms with van der Waals surface area (Å²) < 4.78 is 0. The number of hydrogen-bond donors (Lipinski definition) is 2. The van der Waals surface area contributed by atoms with E-state index in [1.807, 2.05) is 11.8 Å². The first-order valence-corrected chi connectivity index (χ1v) is 22.0. The van der Waals surface area contributed by atoms with Crippen LogP contribution in [-0.4, -0.2) is 50.1 Å². The van der Waals surface area contributed by atoms with Crippen molar-refractivity contribution in [2.24, 2.45) is 0 Å². The molecule has 0 aromatic carbocycles. The van der Waals surface area contributed by atoms with E-state index in [-0.39, 0.29) is 0 Å². The Morgan fingerprint density at radius 3 is 1.17 bits per heavy atom.